The van der Waals surface area contributed by atoms with E-state index in [0.717, 1.165) is 0 Å². The Morgan fingerprint density at radius 3 is 2.14 bits per heavy atom. The third kappa shape index (κ3) is 1.60. The summed E-state index contributed by atoms with van der Waals surface area (Å²) in [6.45, 7) is -1.40. The minimum atomic E-state index is -1.60. The van der Waals surface area contributed by atoms with Crippen LogP contribution < -0.4 is 0 Å². The van der Waals surface area contributed by atoms with Crippen molar-refractivity contribution in [3.05, 3.63) is 5.21 Å². The Bertz CT molecular complexity index is 242. The third-order valence-corrected chi connectivity index (χ3v) is 2.34. The van der Waals surface area contributed by atoms with Crippen LogP contribution in [0.15, 0.2) is 0 Å². The molecule has 0 aromatic rings. The van der Waals surface area contributed by atoms with Gasteiger partial charge in [0.1, 0.15) is 25.4 Å². The summed E-state index contributed by atoms with van der Waals surface area (Å²) >= 11 is 0. The fourth-order valence-electron chi connectivity index (χ4n) is 1.44. The first-order valence-corrected chi connectivity index (χ1v) is 4.12. The van der Waals surface area contributed by atoms with Crippen molar-refractivity contribution in [3.63, 3.8) is 0 Å². The smallest absolute Gasteiger partial charge is 0.221 e. The Labute approximate surface area is 79.7 Å². The minimum Gasteiger partial charge on any atom is -0.623 e. The largest absolute Gasteiger partial charge is 0.623 e. The molecule has 0 saturated heterocycles. The van der Waals surface area contributed by atoms with Crippen LogP contribution in [0.5, 0.6) is 0 Å². The van der Waals surface area contributed by atoms with Crippen LogP contribution in [-0.4, -0.2) is 73.6 Å². The van der Waals surface area contributed by atoms with Crippen molar-refractivity contribution < 1.29 is 30.3 Å². The predicted octanol–water partition coefficient (Wildman–Crippen LogP) is -3.61. The summed E-state index contributed by atoms with van der Waals surface area (Å²) in [5, 5.41) is 56.6. The molecule has 1 rings (SSSR count). The highest BCUT2D eigenvalue weighted by Gasteiger charge is 2.45. The molecule has 14 heavy (non-hydrogen) atoms. The fraction of sp³-hybridized carbons (Fsp3) is 0.857. The standard InChI is InChI=1S/C7H13NO6/c9-1-3-5(11)7(13)6(12)4(2-10)8(3)14/h3,5-7,9-13H,1-2H2. The van der Waals surface area contributed by atoms with Crippen molar-refractivity contribution in [1.82, 2.24) is 0 Å². The molecular formula is C7H13NO6. The van der Waals surface area contributed by atoms with Gasteiger partial charge in [0.05, 0.1) is 0 Å². The van der Waals surface area contributed by atoms with Gasteiger partial charge in [-0.25, -0.2) is 4.74 Å². The maximum Gasteiger partial charge on any atom is 0.221 e. The number of hydrogen-bond acceptors (Lipinski definition) is 6. The normalized spacial score (nSPS) is 38.9. The highest BCUT2D eigenvalue weighted by molar-refractivity contribution is 5.86. The zero-order valence-electron chi connectivity index (χ0n) is 7.32. The second kappa shape index (κ2) is 4.20. The number of nitrogens with zero attached hydrogens (tertiary/aromatic N) is 1. The van der Waals surface area contributed by atoms with E-state index in [1.54, 1.807) is 0 Å². The minimum absolute atomic E-state index is 0.141. The van der Waals surface area contributed by atoms with Gasteiger partial charge in [-0.05, 0) is 0 Å². The Kier molecular flexibility index (Phi) is 3.40. The quantitative estimate of drug-likeness (QED) is 0.235. The van der Waals surface area contributed by atoms with Crippen molar-refractivity contribution >= 4 is 5.71 Å². The molecule has 0 aliphatic carbocycles. The maximum atomic E-state index is 11.3. The number of rotatable bonds is 2. The third-order valence-electron chi connectivity index (χ3n) is 2.34. The average molecular weight is 207 g/mol. The van der Waals surface area contributed by atoms with Crippen LogP contribution >= 0.6 is 0 Å². The number of aliphatic hydroxyl groups is 5. The van der Waals surface area contributed by atoms with Gasteiger partial charge >= 0.3 is 0 Å². The SMILES string of the molecule is [O-][N+]1=C(CO)C(O)C(O)C(O)C1CO. The Morgan fingerprint density at radius 2 is 1.71 bits per heavy atom. The van der Waals surface area contributed by atoms with E-state index in [2.05, 4.69) is 0 Å². The molecule has 0 amide bonds. The van der Waals surface area contributed by atoms with E-state index < -0.39 is 37.6 Å². The van der Waals surface area contributed by atoms with Crippen LogP contribution in [0.2, 0.25) is 0 Å². The predicted molar refractivity (Wildman–Crippen MR) is 44.6 cm³/mol. The van der Waals surface area contributed by atoms with Crippen LogP contribution in [0.4, 0.5) is 0 Å². The van der Waals surface area contributed by atoms with Crippen molar-refractivity contribution in [1.29, 1.82) is 0 Å². The van der Waals surface area contributed by atoms with Gasteiger partial charge in [-0.1, -0.05) is 0 Å². The lowest BCUT2D eigenvalue weighted by atomic mass is 9.94. The van der Waals surface area contributed by atoms with Gasteiger partial charge in [0.2, 0.25) is 11.8 Å². The monoisotopic (exact) mass is 207 g/mol. The molecule has 0 aromatic carbocycles. The first-order valence-electron chi connectivity index (χ1n) is 4.12. The van der Waals surface area contributed by atoms with Crippen molar-refractivity contribution in [2.45, 2.75) is 24.4 Å². The molecule has 82 valence electrons. The summed E-state index contributed by atoms with van der Waals surface area (Å²) in [5.41, 5.74) is -0.359. The summed E-state index contributed by atoms with van der Waals surface area (Å²) in [6, 6.07) is -1.25. The molecule has 1 aliphatic heterocycles. The summed E-state index contributed by atoms with van der Waals surface area (Å²) < 4.78 is 0.141. The van der Waals surface area contributed by atoms with E-state index in [9.17, 15) is 20.5 Å². The Hall–Kier alpha value is -0.730. The maximum absolute atomic E-state index is 11.3. The van der Waals surface area contributed by atoms with E-state index in [-0.39, 0.29) is 10.5 Å². The lowest BCUT2D eigenvalue weighted by Gasteiger charge is -2.33. The van der Waals surface area contributed by atoms with Crippen molar-refractivity contribution in [2.75, 3.05) is 13.2 Å². The molecule has 7 heteroatoms. The zero-order valence-corrected chi connectivity index (χ0v) is 7.32. The van der Waals surface area contributed by atoms with E-state index in [4.69, 9.17) is 10.2 Å². The number of aliphatic hydroxyl groups excluding tert-OH is 5. The molecule has 0 saturated carbocycles. The Morgan fingerprint density at radius 1 is 1.14 bits per heavy atom. The van der Waals surface area contributed by atoms with Crippen LogP contribution in [0.25, 0.3) is 0 Å². The summed E-state index contributed by atoms with van der Waals surface area (Å²) in [5.74, 6) is 0. The zero-order chi connectivity index (χ0) is 10.9. The van der Waals surface area contributed by atoms with Gasteiger partial charge in [0, 0.05) is 0 Å². The first-order chi connectivity index (χ1) is 6.54. The fourth-order valence-corrected chi connectivity index (χ4v) is 1.44. The van der Waals surface area contributed by atoms with Crippen LogP contribution in [0, 0.1) is 5.21 Å². The number of hydroxylamine groups is 1. The average Bonchev–Trinajstić information content (AvgIpc) is 2.16. The van der Waals surface area contributed by atoms with E-state index in [1.807, 2.05) is 0 Å². The van der Waals surface area contributed by atoms with Gasteiger partial charge < -0.3 is 30.7 Å². The Balaban J connectivity index is 3.05. The van der Waals surface area contributed by atoms with Gasteiger partial charge in [-0.15, -0.1) is 0 Å². The van der Waals surface area contributed by atoms with Gasteiger partial charge in [-0.2, -0.15) is 0 Å². The molecule has 5 N–H and O–H groups in total. The molecule has 1 aliphatic rings. The second-order valence-corrected chi connectivity index (χ2v) is 3.15. The van der Waals surface area contributed by atoms with Crippen LogP contribution in [-0.2, 0) is 0 Å². The first kappa shape index (κ1) is 11.3. The van der Waals surface area contributed by atoms with E-state index >= 15 is 0 Å². The van der Waals surface area contributed by atoms with Crippen molar-refractivity contribution in [3.8, 4) is 0 Å². The molecule has 0 bridgehead atoms. The molecule has 0 spiro atoms. The van der Waals surface area contributed by atoms with E-state index in [1.165, 1.54) is 0 Å². The lowest BCUT2D eigenvalue weighted by molar-refractivity contribution is -0.533. The van der Waals surface area contributed by atoms with Crippen LogP contribution in [0.1, 0.15) is 0 Å². The van der Waals surface area contributed by atoms with Gasteiger partial charge in [0.25, 0.3) is 0 Å². The van der Waals surface area contributed by atoms with Gasteiger partial charge in [-0.3, -0.25) is 0 Å². The van der Waals surface area contributed by atoms with Gasteiger partial charge in [0.15, 0.2) is 6.10 Å². The highest BCUT2D eigenvalue weighted by Crippen LogP contribution is 2.15. The van der Waals surface area contributed by atoms with E-state index in [0.29, 0.717) is 0 Å². The molecule has 0 fully saturated rings. The summed E-state index contributed by atoms with van der Waals surface area (Å²) in [7, 11) is 0. The molecule has 0 radical (unpaired) electrons. The molecule has 7 nitrogen and oxygen atoms in total. The summed E-state index contributed by atoms with van der Waals surface area (Å²) in [6.07, 6.45) is -4.71. The highest BCUT2D eigenvalue weighted by atomic mass is 16.5. The second-order valence-electron chi connectivity index (χ2n) is 3.15. The summed E-state index contributed by atoms with van der Waals surface area (Å²) in [4.78, 5) is 0. The molecule has 0 aromatic heterocycles. The molecular weight excluding hydrogens is 194 g/mol. The van der Waals surface area contributed by atoms with Crippen molar-refractivity contribution in [2.24, 2.45) is 0 Å². The number of hydrogen-bond donors (Lipinski definition) is 5. The lowest BCUT2D eigenvalue weighted by Crippen LogP contribution is -2.60. The molecule has 4 atom stereocenters. The molecule has 1 heterocycles. The van der Waals surface area contributed by atoms with Crippen LogP contribution in [0.3, 0.4) is 0 Å². The topological polar surface area (TPSA) is 127 Å². The molecule has 4 unspecified atom stereocenters.